The Balaban J connectivity index is 1.69. The van der Waals surface area contributed by atoms with E-state index >= 15 is 0 Å². The summed E-state index contributed by atoms with van der Waals surface area (Å²) in [5.41, 5.74) is 1.66. The molecule has 2 heterocycles. The van der Waals surface area contributed by atoms with E-state index in [1.54, 1.807) is 36.8 Å². The van der Waals surface area contributed by atoms with Gasteiger partial charge in [-0.05, 0) is 24.3 Å². The molecule has 0 amide bonds. The van der Waals surface area contributed by atoms with Gasteiger partial charge in [0.15, 0.2) is 0 Å². The number of aromatic hydroxyl groups is 1. The Kier molecular flexibility index (Phi) is 3.08. The first-order valence-corrected chi connectivity index (χ1v) is 6.04. The molecule has 0 aliphatic carbocycles. The highest BCUT2D eigenvalue weighted by Gasteiger charge is 2.11. The van der Waals surface area contributed by atoms with E-state index in [0.29, 0.717) is 18.3 Å². The van der Waals surface area contributed by atoms with E-state index in [9.17, 15) is 5.11 Å². The van der Waals surface area contributed by atoms with Gasteiger partial charge in [-0.25, -0.2) is 4.98 Å². The van der Waals surface area contributed by atoms with Crippen LogP contribution < -0.4 is 5.32 Å². The molecule has 0 saturated heterocycles. The van der Waals surface area contributed by atoms with Gasteiger partial charge in [0.1, 0.15) is 11.4 Å². The number of hydrogen-bond donors (Lipinski definition) is 2. The molecular formula is C13H13N5O2. The molecule has 20 heavy (non-hydrogen) atoms. The quantitative estimate of drug-likeness (QED) is 0.703. The van der Waals surface area contributed by atoms with Crippen molar-refractivity contribution in [3.63, 3.8) is 0 Å². The summed E-state index contributed by atoms with van der Waals surface area (Å²) in [6, 6.07) is 6.76. The van der Waals surface area contributed by atoms with Crippen molar-refractivity contribution in [1.82, 2.24) is 19.7 Å². The van der Waals surface area contributed by atoms with E-state index < -0.39 is 0 Å². The van der Waals surface area contributed by atoms with Crippen molar-refractivity contribution >= 4 is 5.69 Å². The Bertz CT molecular complexity index is 702. The molecule has 0 bridgehead atoms. The molecule has 0 radical (unpaired) electrons. The fraction of sp³-hybridized carbons (Fsp3) is 0.154. The minimum absolute atomic E-state index is 0.229. The molecule has 3 rings (SSSR count). The van der Waals surface area contributed by atoms with Crippen LogP contribution in [0.4, 0.5) is 5.69 Å². The summed E-state index contributed by atoms with van der Waals surface area (Å²) in [5.74, 6) is 1.22. The average Bonchev–Trinajstić information content (AvgIpc) is 3.06. The van der Waals surface area contributed by atoms with Gasteiger partial charge in [-0.2, -0.15) is 4.98 Å². The van der Waals surface area contributed by atoms with Crippen LogP contribution in [0.2, 0.25) is 0 Å². The van der Waals surface area contributed by atoms with Crippen molar-refractivity contribution in [2.45, 2.75) is 6.54 Å². The normalized spacial score (nSPS) is 10.7. The molecule has 3 aromatic rings. The lowest BCUT2D eigenvalue weighted by molar-refractivity contribution is 0.384. The number of anilines is 1. The highest BCUT2D eigenvalue weighted by molar-refractivity contribution is 5.48. The number of phenolic OH excluding ortho intramolecular Hbond substituents is 1. The number of nitrogens with one attached hydrogen (secondary N) is 1. The second kappa shape index (κ2) is 5.04. The molecule has 2 N–H and O–H groups in total. The van der Waals surface area contributed by atoms with E-state index in [4.69, 9.17) is 4.52 Å². The minimum atomic E-state index is 0.229. The van der Waals surface area contributed by atoms with Crippen LogP contribution in [0.25, 0.3) is 11.5 Å². The Labute approximate surface area is 114 Å². The largest absolute Gasteiger partial charge is 0.508 e. The van der Waals surface area contributed by atoms with Crippen molar-refractivity contribution in [2.24, 2.45) is 7.05 Å². The van der Waals surface area contributed by atoms with Gasteiger partial charge >= 0.3 is 0 Å². The number of benzene rings is 1. The first-order chi connectivity index (χ1) is 9.72. The number of aromatic nitrogens is 4. The molecule has 102 valence electrons. The summed E-state index contributed by atoms with van der Waals surface area (Å²) in [7, 11) is 1.87. The number of nitrogens with zero attached hydrogens (tertiary/aromatic N) is 4. The van der Waals surface area contributed by atoms with Crippen molar-refractivity contribution in [1.29, 1.82) is 0 Å². The van der Waals surface area contributed by atoms with E-state index in [2.05, 4.69) is 20.4 Å². The predicted octanol–water partition coefficient (Wildman–Crippen LogP) is 1.79. The van der Waals surface area contributed by atoms with Gasteiger partial charge in [-0.15, -0.1) is 0 Å². The van der Waals surface area contributed by atoms with Gasteiger partial charge < -0.3 is 19.5 Å². The average molecular weight is 271 g/mol. The molecule has 0 saturated carbocycles. The molecule has 2 aromatic heterocycles. The maximum atomic E-state index is 9.20. The molecule has 0 unspecified atom stereocenters. The Morgan fingerprint density at radius 2 is 2.10 bits per heavy atom. The zero-order valence-corrected chi connectivity index (χ0v) is 10.8. The monoisotopic (exact) mass is 271 g/mol. The van der Waals surface area contributed by atoms with Gasteiger partial charge in [-0.1, -0.05) is 5.16 Å². The van der Waals surface area contributed by atoms with Crippen molar-refractivity contribution in [3.05, 3.63) is 42.7 Å². The lowest BCUT2D eigenvalue weighted by atomic mass is 10.3. The maximum absolute atomic E-state index is 9.20. The molecule has 0 aliphatic heterocycles. The number of phenols is 1. The van der Waals surface area contributed by atoms with Gasteiger partial charge in [-0.3, -0.25) is 0 Å². The lowest BCUT2D eigenvalue weighted by Crippen LogP contribution is -1.99. The SMILES string of the molecule is Cn1cncc1-c1noc(CNc2ccc(O)cc2)n1. The van der Waals surface area contributed by atoms with Crippen LogP contribution in [0.1, 0.15) is 5.89 Å². The first-order valence-electron chi connectivity index (χ1n) is 6.04. The second-order valence-electron chi connectivity index (χ2n) is 4.30. The van der Waals surface area contributed by atoms with Crippen LogP contribution in [0, 0.1) is 0 Å². The smallest absolute Gasteiger partial charge is 0.246 e. The highest BCUT2D eigenvalue weighted by Crippen LogP contribution is 2.16. The summed E-state index contributed by atoms with van der Waals surface area (Å²) in [6.45, 7) is 0.412. The van der Waals surface area contributed by atoms with E-state index in [0.717, 1.165) is 11.4 Å². The lowest BCUT2D eigenvalue weighted by Gasteiger charge is -2.02. The van der Waals surface area contributed by atoms with Crippen LogP contribution in [0.3, 0.4) is 0 Å². The number of hydrogen-bond acceptors (Lipinski definition) is 6. The summed E-state index contributed by atoms with van der Waals surface area (Å²) < 4.78 is 7.00. The minimum Gasteiger partial charge on any atom is -0.508 e. The maximum Gasteiger partial charge on any atom is 0.246 e. The number of imidazole rings is 1. The second-order valence-corrected chi connectivity index (χ2v) is 4.30. The van der Waals surface area contributed by atoms with Crippen molar-refractivity contribution in [3.8, 4) is 17.3 Å². The van der Waals surface area contributed by atoms with Crippen LogP contribution in [-0.4, -0.2) is 24.8 Å². The molecule has 7 heteroatoms. The van der Waals surface area contributed by atoms with Crippen LogP contribution in [0.5, 0.6) is 5.75 Å². The zero-order chi connectivity index (χ0) is 13.9. The Morgan fingerprint density at radius 3 is 2.80 bits per heavy atom. The fourth-order valence-corrected chi connectivity index (χ4v) is 1.76. The summed E-state index contributed by atoms with van der Waals surface area (Å²) in [5, 5.41) is 16.3. The summed E-state index contributed by atoms with van der Waals surface area (Å²) in [4.78, 5) is 8.31. The van der Waals surface area contributed by atoms with Crippen LogP contribution >= 0.6 is 0 Å². The van der Waals surface area contributed by atoms with Gasteiger partial charge in [0, 0.05) is 12.7 Å². The molecule has 0 aliphatic rings. The third-order valence-electron chi connectivity index (χ3n) is 2.82. The first kappa shape index (κ1) is 12.2. The molecule has 0 atom stereocenters. The van der Waals surface area contributed by atoms with Crippen LogP contribution in [-0.2, 0) is 13.6 Å². The fourth-order valence-electron chi connectivity index (χ4n) is 1.76. The predicted molar refractivity (Wildman–Crippen MR) is 71.9 cm³/mol. The topological polar surface area (TPSA) is 89.0 Å². The molecular weight excluding hydrogens is 258 g/mol. The van der Waals surface area contributed by atoms with E-state index in [-0.39, 0.29) is 5.75 Å². The molecule has 1 aromatic carbocycles. The van der Waals surface area contributed by atoms with Crippen LogP contribution in [0.15, 0.2) is 41.3 Å². The number of aryl methyl sites for hydroxylation is 1. The standard InChI is InChI=1S/C13H13N5O2/c1-18-8-14-6-11(18)13-16-12(20-17-13)7-15-9-2-4-10(19)5-3-9/h2-6,8,15,19H,7H2,1H3. The summed E-state index contributed by atoms with van der Waals surface area (Å²) in [6.07, 6.45) is 3.36. The molecule has 7 nitrogen and oxygen atoms in total. The van der Waals surface area contributed by atoms with Crippen molar-refractivity contribution in [2.75, 3.05) is 5.32 Å². The van der Waals surface area contributed by atoms with Gasteiger partial charge in [0.05, 0.1) is 19.1 Å². The van der Waals surface area contributed by atoms with Gasteiger partial charge in [0.25, 0.3) is 0 Å². The third-order valence-corrected chi connectivity index (χ3v) is 2.82. The van der Waals surface area contributed by atoms with E-state index in [1.807, 2.05) is 11.6 Å². The Morgan fingerprint density at radius 1 is 1.30 bits per heavy atom. The molecule has 0 fully saturated rings. The summed E-state index contributed by atoms with van der Waals surface area (Å²) >= 11 is 0. The third kappa shape index (κ3) is 2.46. The zero-order valence-electron chi connectivity index (χ0n) is 10.8. The van der Waals surface area contributed by atoms with Crippen molar-refractivity contribution < 1.29 is 9.63 Å². The van der Waals surface area contributed by atoms with E-state index in [1.165, 1.54) is 0 Å². The Hall–Kier alpha value is -2.83. The molecule has 0 spiro atoms. The number of rotatable bonds is 4. The highest BCUT2D eigenvalue weighted by atomic mass is 16.5. The van der Waals surface area contributed by atoms with Gasteiger partial charge in [0.2, 0.25) is 11.7 Å².